The largest absolute Gasteiger partial charge is 0.379 e. The quantitative estimate of drug-likeness (QED) is 0.926. The summed E-state index contributed by atoms with van der Waals surface area (Å²) >= 11 is 5.75. The van der Waals surface area contributed by atoms with Gasteiger partial charge in [0.1, 0.15) is 10.7 Å². The minimum atomic E-state index is -4.00. The van der Waals surface area contributed by atoms with E-state index < -0.39 is 26.3 Å². The van der Waals surface area contributed by atoms with E-state index in [-0.39, 0.29) is 11.6 Å². The Morgan fingerprint density at radius 2 is 2.22 bits per heavy atom. The van der Waals surface area contributed by atoms with Crippen molar-refractivity contribution in [2.45, 2.75) is 23.8 Å². The molecule has 18 heavy (non-hydrogen) atoms. The Morgan fingerprint density at radius 3 is 2.78 bits per heavy atom. The first-order chi connectivity index (χ1) is 8.34. The number of hydrogen-bond donors (Lipinski definition) is 1. The Hall–Kier alpha value is -0.690. The third-order valence-corrected chi connectivity index (χ3v) is 4.93. The molecule has 0 saturated carbocycles. The Balaban J connectivity index is 2.37. The Kier molecular flexibility index (Phi) is 3.64. The standard InChI is InChI=1S/C11H13ClFNO3S/c1-11(5-6-17-7-11)14-18(15,16)10-8(12)3-2-4-9(10)13/h2-4,14H,5-7H2,1H3. The topological polar surface area (TPSA) is 55.4 Å². The minimum Gasteiger partial charge on any atom is -0.379 e. The predicted molar refractivity (Wildman–Crippen MR) is 65.6 cm³/mol. The second-order valence-corrected chi connectivity index (χ2v) is 6.55. The van der Waals surface area contributed by atoms with Crippen LogP contribution in [0.5, 0.6) is 0 Å². The molecule has 1 N–H and O–H groups in total. The molecular weight excluding hydrogens is 281 g/mol. The van der Waals surface area contributed by atoms with E-state index >= 15 is 0 Å². The van der Waals surface area contributed by atoms with Gasteiger partial charge in [0.15, 0.2) is 0 Å². The van der Waals surface area contributed by atoms with Gasteiger partial charge in [0, 0.05) is 6.61 Å². The summed E-state index contributed by atoms with van der Waals surface area (Å²) in [7, 11) is -4.00. The lowest BCUT2D eigenvalue weighted by atomic mass is 10.0. The molecule has 7 heteroatoms. The average Bonchev–Trinajstić information content (AvgIpc) is 2.62. The number of ether oxygens (including phenoxy) is 1. The number of benzene rings is 1. The van der Waals surface area contributed by atoms with Crippen LogP contribution in [0.2, 0.25) is 5.02 Å². The zero-order valence-corrected chi connectivity index (χ0v) is 11.3. The molecule has 1 saturated heterocycles. The maximum atomic E-state index is 13.6. The maximum absolute atomic E-state index is 13.6. The minimum absolute atomic E-state index is 0.134. The van der Waals surface area contributed by atoms with Gasteiger partial charge in [-0.3, -0.25) is 0 Å². The highest BCUT2D eigenvalue weighted by Crippen LogP contribution is 2.27. The first-order valence-corrected chi connectivity index (χ1v) is 7.26. The molecule has 0 aliphatic carbocycles. The lowest BCUT2D eigenvalue weighted by molar-refractivity contribution is 0.178. The van der Waals surface area contributed by atoms with Crippen LogP contribution in [0, 0.1) is 5.82 Å². The molecule has 100 valence electrons. The van der Waals surface area contributed by atoms with E-state index in [1.165, 1.54) is 12.1 Å². The number of sulfonamides is 1. The third-order valence-electron chi connectivity index (χ3n) is 2.79. The molecule has 0 aromatic heterocycles. The van der Waals surface area contributed by atoms with Gasteiger partial charge in [-0.2, -0.15) is 0 Å². The van der Waals surface area contributed by atoms with Crippen LogP contribution < -0.4 is 4.72 Å². The Bertz CT molecular complexity index is 535. The highest BCUT2D eigenvalue weighted by atomic mass is 35.5. The van der Waals surface area contributed by atoms with E-state index in [0.29, 0.717) is 13.0 Å². The van der Waals surface area contributed by atoms with Crippen molar-refractivity contribution in [3.8, 4) is 0 Å². The summed E-state index contributed by atoms with van der Waals surface area (Å²) in [6.07, 6.45) is 0.540. The van der Waals surface area contributed by atoms with Crippen molar-refractivity contribution < 1.29 is 17.5 Å². The number of hydrogen-bond acceptors (Lipinski definition) is 3. The van der Waals surface area contributed by atoms with Crippen molar-refractivity contribution in [2.75, 3.05) is 13.2 Å². The molecule has 1 unspecified atom stereocenters. The van der Waals surface area contributed by atoms with Gasteiger partial charge < -0.3 is 4.74 Å². The van der Waals surface area contributed by atoms with E-state index in [9.17, 15) is 12.8 Å². The molecule has 0 amide bonds. The van der Waals surface area contributed by atoms with Gasteiger partial charge in [0.05, 0.1) is 17.2 Å². The van der Waals surface area contributed by atoms with Crippen LogP contribution in [0.25, 0.3) is 0 Å². The second kappa shape index (κ2) is 4.77. The van der Waals surface area contributed by atoms with Gasteiger partial charge in [-0.1, -0.05) is 17.7 Å². The molecule has 0 bridgehead atoms. The van der Waals surface area contributed by atoms with Crippen LogP contribution in [-0.2, 0) is 14.8 Å². The van der Waals surface area contributed by atoms with E-state index in [1.54, 1.807) is 6.92 Å². The first kappa shape index (κ1) is 13.7. The fourth-order valence-electron chi connectivity index (χ4n) is 1.86. The van der Waals surface area contributed by atoms with Crippen LogP contribution in [0.3, 0.4) is 0 Å². The van der Waals surface area contributed by atoms with Gasteiger partial charge in [-0.15, -0.1) is 0 Å². The van der Waals surface area contributed by atoms with Crippen LogP contribution in [-0.4, -0.2) is 27.2 Å². The zero-order valence-electron chi connectivity index (χ0n) is 9.74. The van der Waals surface area contributed by atoms with E-state index in [0.717, 1.165) is 6.07 Å². The zero-order chi connectivity index (χ0) is 13.4. The fourth-order valence-corrected chi connectivity index (χ4v) is 3.89. The monoisotopic (exact) mass is 293 g/mol. The Labute approximate surface area is 110 Å². The molecule has 0 radical (unpaired) electrons. The molecule has 1 aromatic rings. The predicted octanol–water partition coefficient (Wildman–Crippen LogP) is 1.94. The van der Waals surface area contributed by atoms with Gasteiger partial charge in [0.25, 0.3) is 0 Å². The summed E-state index contributed by atoms with van der Waals surface area (Å²) in [6.45, 7) is 2.45. The molecule has 1 heterocycles. The summed E-state index contributed by atoms with van der Waals surface area (Å²) in [6, 6.07) is 3.76. The van der Waals surface area contributed by atoms with Gasteiger partial charge in [-0.05, 0) is 25.5 Å². The summed E-state index contributed by atoms with van der Waals surface area (Å²) in [5.41, 5.74) is -0.718. The van der Waals surface area contributed by atoms with Gasteiger partial charge in [0.2, 0.25) is 10.0 Å². The molecule has 4 nitrogen and oxygen atoms in total. The molecule has 1 aliphatic rings. The van der Waals surface area contributed by atoms with Crippen LogP contribution in [0.1, 0.15) is 13.3 Å². The van der Waals surface area contributed by atoms with E-state index in [2.05, 4.69) is 4.72 Å². The third kappa shape index (κ3) is 2.66. The molecule has 2 rings (SSSR count). The molecule has 1 aromatic carbocycles. The highest BCUT2D eigenvalue weighted by molar-refractivity contribution is 7.89. The molecule has 1 fully saturated rings. The van der Waals surface area contributed by atoms with E-state index in [1.807, 2.05) is 0 Å². The van der Waals surface area contributed by atoms with E-state index in [4.69, 9.17) is 16.3 Å². The average molecular weight is 294 g/mol. The van der Waals surface area contributed by atoms with Crippen LogP contribution in [0.15, 0.2) is 23.1 Å². The van der Waals surface area contributed by atoms with Gasteiger partial charge >= 0.3 is 0 Å². The lowest BCUT2D eigenvalue weighted by Crippen LogP contribution is -2.46. The number of nitrogens with one attached hydrogen (secondary N) is 1. The lowest BCUT2D eigenvalue weighted by Gasteiger charge is -2.23. The SMILES string of the molecule is CC1(NS(=O)(=O)c2c(F)cccc2Cl)CCOC1. The summed E-state index contributed by atoms with van der Waals surface area (Å²) in [5.74, 6) is -0.863. The highest BCUT2D eigenvalue weighted by Gasteiger charge is 2.36. The molecule has 0 spiro atoms. The first-order valence-electron chi connectivity index (χ1n) is 5.40. The normalized spacial score (nSPS) is 24.4. The number of rotatable bonds is 3. The molecule has 1 atom stereocenters. The van der Waals surface area contributed by atoms with Crippen molar-refractivity contribution in [3.05, 3.63) is 29.0 Å². The molecule has 1 aliphatic heterocycles. The second-order valence-electron chi connectivity index (χ2n) is 4.52. The molecular formula is C11H13ClFNO3S. The number of halogens is 2. The smallest absolute Gasteiger partial charge is 0.245 e. The Morgan fingerprint density at radius 1 is 1.50 bits per heavy atom. The summed E-state index contributed by atoms with van der Waals surface area (Å²) < 4.78 is 45.5. The summed E-state index contributed by atoms with van der Waals surface area (Å²) in [4.78, 5) is -0.514. The van der Waals surface area contributed by atoms with Crippen molar-refractivity contribution in [1.82, 2.24) is 4.72 Å². The van der Waals surface area contributed by atoms with Crippen LogP contribution >= 0.6 is 11.6 Å². The van der Waals surface area contributed by atoms with Gasteiger partial charge in [-0.25, -0.2) is 17.5 Å². The maximum Gasteiger partial charge on any atom is 0.245 e. The van der Waals surface area contributed by atoms with Crippen molar-refractivity contribution in [3.63, 3.8) is 0 Å². The fraction of sp³-hybridized carbons (Fsp3) is 0.455. The van der Waals surface area contributed by atoms with Crippen LogP contribution in [0.4, 0.5) is 4.39 Å². The summed E-state index contributed by atoms with van der Waals surface area (Å²) in [5, 5.41) is -0.134. The van der Waals surface area contributed by atoms with Crippen molar-refractivity contribution >= 4 is 21.6 Å². The van der Waals surface area contributed by atoms with Crippen molar-refractivity contribution in [1.29, 1.82) is 0 Å². The van der Waals surface area contributed by atoms with Crippen molar-refractivity contribution in [2.24, 2.45) is 0 Å².